The maximum atomic E-state index is 13.6. The third-order valence-electron chi connectivity index (χ3n) is 6.38. The predicted octanol–water partition coefficient (Wildman–Crippen LogP) is 3.72. The highest BCUT2D eigenvalue weighted by atomic mass is 35.5. The van der Waals surface area contributed by atoms with E-state index in [1.54, 1.807) is 12.1 Å². The van der Waals surface area contributed by atoms with E-state index >= 15 is 0 Å². The molecule has 2 saturated heterocycles. The molecule has 1 amide bonds. The minimum absolute atomic E-state index is 0.0484. The first-order valence-corrected chi connectivity index (χ1v) is 11.2. The van der Waals surface area contributed by atoms with Gasteiger partial charge in [0.05, 0.1) is 24.7 Å². The summed E-state index contributed by atoms with van der Waals surface area (Å²) in [6.07, 6.45) is 1.14. The van der Waals surface area contributed by atoms with Gasteiger partial charge in [0.1, 0.15) is 5.82 Å². The highest BCUT2D eigenvalue weighted by molar-refractivity contribution is 6.31. The van der Waals surface area contributed by atoms with Crippen LogP contribution in [-0.4, -0.2) is 56.9 Å². The van der Waals surface area contributed by atoms with Gasteiger partial charge in [0.15, 0.2) is 0 Å². The van der Waals surface area contributed by atoms with Crippen molar-refractivity contribution in [2.75, 3.05) is 46.1 Å². The number of amides is 1. The Hall–Kier alpha value is -1.99. The van der Waals surface area contributed by atoms with E-state index in [9.17, 15) is 9.18 Å². The molecule has 31 heavy (non-hydrogen) atoms. The molecular weight excluding hydrogens is 419 g/mol. The van der Waals surface area contributed by atoms with E-state index in [1.165, 1.54) is 12.1 Å². The van der Waals surface area contributed by atoms with E-state index in [0.717, 1.165) is 24.2 Å². The first-order chi connectivity index (χ1) is 15.1. The van der Waals surface area contributed by atoms with Crippen molar-refractivity contribution in [3.8, 4) is 0 Å². The molecule has 2 fully saturated rings. The summed E-state index contributed by atoms with van der Waals surface area (Å²) in [6, 6.07) is 14.0. The second-order valence-electron chi connectivity index (χ2n) is 8.10. The van der Waals surface area contributed by atoms with Gasteiger partial charge in [-0.3, -0.25) is 9.69 Å². The second kappa shape index (κ2) is 10.1. The summed E-state index contributed by atoms with van der Waals surface area (Å²) < 4.78 is 24.6. The first-order valence-electron chi connectivity index (χ1n) is 10.8. The van der Waals surface area contributed by atoms with E-state index in [2.05, 4.69) is 10.2 Å². The monoisotopic (exact) mass is 446 g/mol. The Bertz CT molecular complexity index is 881. The SMILES string of the molecule is O=C(NCC(c1ccccc1Cl)N1CCOCC1)C1(c2ccc(F)cc2)CCOCC1. The van der Waals surface area contributed by atoms with E-state index in [1.807, 2.05) is 24.3 Å². The maximum absolute atomic E-state index is 13.6. The summed E-state index contributed by atoms with van der Waals surface area (Å²) in [4.78, 5) is 15.9. The van der Waals surface area contributed by atoms with Gasteiger partial charge in [0, 0.05) is 37.9 Å². The molecule has 2 aliphatic rings. The van der Waals surface area contributed by atoms with Crippen molar-refractivity contribution < 1.29 is 18.7 Å². The lowest BCUT2D eigenvalue weighted by molar-refractivity contribution is -0.130. The average Bonchev–Trinajstić information content (AvgIpc) is 2.82. The van der Waals surface area contributed by atoms with E-state index < -0.39 is 5.41 Å². The number of morpholine rings is 1. The highest BCUT2D eigenvalue weighted by Gasteiger charge is 2.42. The van der Waals surface area contributed by atoms with Gasteiger partial charge >= 0.3 is 0 Å². The van der Waals surface area contributed by atoms with Gasteiger partial charge in [-0.1, -0.05) is 41.9 Å². The number of hydrogen-bond donors (Lipinski definition) is 1. The summed E-state index contributed by atoms with van der Waals surface area (Å²) in [5.74, 6) is -0.356. The molecule has 2 aromatic carbocycles. The number of nitrogens with zero attached hydrogens (tertiary/aromatic N) is 1. The van der Waals surface area contributed by atoms with Gasteiger partial charge in [-0.05, 0) is 42.2 Å². The number of nitrogens with one attached hydrogen (secondary N) is 1. The molecule has 0 spiro atoms. The summed E-state index contributed by atoms with van der Waals surface area (Å²) >= 11 is 6.52. The molecule has 0 bridgehead atoms. The van der Waals surface area contributed by atoms with Crippen molar-refractivity contribution in [2.45, 2.75) is 24.3 Å². The molecule has 1 atom stereocenters. The van der Waals surface area contributed by atoms with E-state index in [-0.39, 0.29) is 17.8 Å². The van der Waals surface area contributed by atoms with E-state index in [0.29, 0.717) is 50.8 Å². The quantitative estimate of drug-likeness (QED) is 0.734. The largest absolute Gasteiger partial charge is 0.381 e. The number of carbonyl (C=O) groups is 1. The molecule has 0 aromatic heterocycles. The van der Waals surface area contributed by atoms with Gasteiger partial charge in [-0.25, -0.2) is 4.39 Å². The van der Waals surface area contributed by atoms with Crippen LogP contribution in [0.3, 0.4) is 0 Å². The van der Waals surface area contributed by atoms with Crippen LogP contribution < -0.4 is 5.32 Å². The van der Waals surface area contributed by atoms with Crippen molar-refractivity contribution in [2.24, 2.45) is 0 Å². The minimum Gasteiger partial charge on any atom is -0.381 e. The average molecular weight is 447 g/mol. The normalized spacial score (nSPS) is 20.2. The zero-order chi connectivity index (χ0) is 21.7. The van der Waals surface area contributed by atoms with Crippen LogP contribution in [0.25, 0.3) is 0 Å². The summed E-state index contributed by atoms with van der Waals surface area (Å²) in [5, 5.41) is 3.89. The van der Waals surface area contributed by atoms with Crippen LogP contribution >= 0.6 is 11.6 Å². The number of ether oxygens (including phenoxy) is 2. The minimum atomic E-state index is -0.720. The van der Waals surface area contributed by atoms with Gasteiger partial charge in [0.25, 0.3) is 0 Å². The third kappa shape index (κ3) is 4.93. The standard InChI is InChI=1S/C24H28ClFN2O3/c25-21-4-2-1-3-20(21)22(28-11-15-31-16-12-28)17-27-23(29)24(9-13-30-14-10-24)18-5-7-19(26)8-6-18/h1-8,22H,9-17H2,(H,27,29). The zero-order valence-electron chi connectivity index (χ0n) is 17.5. The molecule has 2 aliphatic heterocycles. The predicted molar refractivity (Wildman–Crippen MR) is 118 cm³/mol. The molecule has 5 nitrogen and oxygen atoms in total. The molecule has 7 heteroatoms. The Labute approximate surface area is 187 Å². The highest BCUT2D eigenvalue weighted by Crippen LogP contribution is 2.36. The third-order valence-corrected chi connectivity index (χ3v) is 6.73. The Morgan fingerprint density at radius 1 is 1.03 bits per heavy atom. The fourth-order valence-corrected chi connectivity index (χ4v) is 4.83. The van der Waals surface area contributed by atoms with Crippen molar-refractivity contribution in [3.63, 3.8) is 0 Å². The molecule has 4 rings (SSSR count). The summed E-state index contributed by atoms with van der Waals surface area (Å²) in [7, 11) is 0. The summed E-state index contributed by atoms with van der Waals surface area (Å²) in [5.41, 5.74) is 1.10. The molecule has 2 aromatic rings. The van der Waals surface area contributed by atoms with Crippen LogP contribution in [0, 0.1) is 5.82 Å². The van der Waals surface area contributed by atoms with Crippen LogP contribution in [-0.2, 0) is 19.7 Å². The van der Waals surface area contributed by atoms with Gasteiger partial charge < -0.3 is 14.8 Å². The van der Waals surface area contributed by atoms with Crippen molar-refractivity contribution >= 4 is 17.5 Å². The number of hydrogen-bond acceptors (Lipinski definition) is 4. The van der Waals surface area contributed by atoms with Crippen LogP contribution in [0.1, 0.15) is 30.0 Å². The molecule has 166 valence electrons. The Morgan fingerprint density at radius 2 is 1.68 bits per heavy atom. The topological polar surface area (TPSA) is 50.8 Å². The molecule has 2 heterocycles. The molecule has 1 N–H and O–H groups in total. The van der Waals surface area contributed by atoms with Crippen LogP contribution in [0.2, 0.25) is 5.02 Å². The lowest BCUT2D eigenvalue weighted by Gasteiger charge is -2.38. The zero-order valence-corrected chi connectivity index (χ0v) is 18.2. The van der Waals surface area contributed by atoms with Crippen molar-refractivity contribution in [3.05, 3.63) is 70.5 Å². The number of carbonyl (C=O) groups excluding carboxylic acids is 1. The van der Waals surface area contributed by atoms with Crippen LogP contribution in [0.4, 0.5) is 4.39 Å². The molecule has 0 aliphatic carbocycles. The molecular formula is C24H28ClFN2O3. The fraction of sp³-hybridized carbons (Fsp3) is 0.458. The van der Waals surface area contributed by atoms with Crippen molar-refractivity contribution in [1.29, 1.82) is 0 Å². The number of benzene rings is 2. The lowest BCUT2D eigenvalue weighted by Crippen LogP contribution is -2.51. The lowest BCUT2D eigenvalue weighted by atomic mass is 9.73. The second-order valence-corrected chi connectivity index (χ2v) is 8.50. The number of rotatable bonds is 6. The molecule has 0 radical (unpaired) electrons. The van der Waals surface area contributed by atoms with Gasteiger partial charge in [-0.2, -0.15) is 0 Å². The Balaban J connectivity index is 1.56. The van der Waals surface area contributed by atoms with Crippen molar-refractivity contribution in [1.82, 2.24) is 10.2 Å². The van der Waals surface area contributed by atoms with Crippen LogP contribution in [0.15, 0.2) is 48.5 Å². The maximum Gasteiger partial charge on any atom is 0.230 e. The van der Waals surface area contributed by atoms with Crippen LogP contribution in [0.5, 0.6) is 0 Å². The van der Waals surface area contributed by atoms with E-state index in [4.69, 9.17) is 21.1 Å². The van der Waals surface area contributed by atoms with Gasteiger partial charge in [0.2, 0.25) is 5.91 Å². The first kappa shape index (κ1) is 22.2. The summed E-state index contributed by atoms with van der Waals surface area (Å²) in [6.45, 7) is 4.32. The fourth-order valence-electron chi connectivity index (χ4n) is 4.56. The molecule has 0 saturated carbocycles. The number of halogens is 2. The smallest absolute Gasteiger partial charge is 0.230 e. The Kier molecular flexibility index (Phi) is 7.23. The molecule has 1 unspecified atom stereocenters. The van der Waals surface area contributed by atoms with Gasteiger partial charge in [-0.15, -0.1) is 0 Å². The Morgan fingerprint density at radius 3 is 2.35 bits per heavy atom.